The highest BCUT2D eigenvalue weighted by atomic mass is 28.4. The van der Waals surface area contributed by atoms with Gasteiger partial charge in [-0.1, -0.05) is 12.1 Å². The zero-order chi connectivity index (χ0) is 20.3. The van der Waals surface area contributed by atoms with E-state index < -0.39 is 34.8 Å². The largest absolute Gasteiger partial charge is 0.544 e. The Bertz CT molecular complexity index is 625. The average molecular weight is 408 g/mol. The van der Waals surface area contributed by atoms with Crippen LogP contribution in [0.15, 0.2) is 24.3 Å². The molecule has 1 atom stereocenters. The van der Waals surface area contributed by atoms with Gasteiger partial charge < -0.3 is 13.8 Å². The fraction of sp³-hybridized carbons (Fsp3) is 0.588. The maximum atomic E-state index is 12.7. The molecule has 4 nitrogen and oxygen atoms in total. The van der Waals surface area contributed by atoms with Crippen molar-refractivity contribution in [3.63, 3.8) is 0 Å². The molecule has 0 aliphatic rings. The molecule has 0 heterocycles. The summed E-state index contributed by atoms with van der Waals surface area (Å²) in [6.45, 7) is 11.8. The van der Waals surface area contributed by atoms with E-state index >= 15 is 0 Å². The third kappa shape index (κ3) is 7.92. The summed E-state index contributed by atoms with van der Waals surface area (Å²) in [5.74, 6) is -1.22. The number of hydrogen-bond donors (Lipinski definition) is 0. The molecular weight excluding hydrogens is 379 g/mol. The first-order chi connectivity index (χ1) is 11.6. The summed E-state index contributed by atoms with van der Waals surface area (Å²) in [4.78, 5) is 12.2. The minimum absolute atomic E-state index is 0.182. The van der Waals surface area contributed by atoms with Crippen LogP contribution in [0.3, 0.4) is 0 Å². The van der Waals surface area contributed by atoms with Crippen molar-refractivity contribution in [2.24, 2.45) is 0 Å². The van der Waals surface area contributed by atoms with Crippen molar-refractivity contribution in [3.05, 3.63) is 29.8 Å². The first-order valence-electron chi connectivity index (χ1n) is 8.37. The number of nitrogens with zero attached hydrogens (tertiary/aromatic N) is 1. The fourth-order valence-electron chi connectivity index (χ4n) is 2.32. The van der Waals surface area contributed by atoms with Gasteiger partial charge in [-0.25, -0.2) is 0 Å². The van der Waals surface area contributed by atoms with E-state index in [1.807, 2.05) is 45.3 Å². The number of amides is 1. The Balaban J connectivity index is 3.11. The number of benzene rings is 1. The second-order valence-electron chi connectivity index (χ2n) is 8.19. The van der Waals surface area contributed by atoms with Gasteiger partial charge in [0.05, 0.1) is 6.10 Å². The van der Waals surface area contributed by atoms with Crippen molar-refractivity contribution in [3.8, 4) is 5.75 Å². The van der Waals surface area contributed by atoms with Crippen LogP contribution in [0.5, 0.6) is 5.75 Å². The van der Waals surface area contributed by atoms with Crippen molar-refractivity contribution in [2.75, 3.05) is 13.6 Å². The molecule has 148 valence electrons. The number of rotatable bonds is 7. The van der Waals surface area contributed by atoms with E-state index in [-0.39, 0.29) is 6.54 Å². The number of alkyl halides is 3. The normalized spacial score (nSPS) is 14.1. The second-order valence-corrected chi connectivity index (χ2v) is 17.1. The third-order valence-corrected chi connectivity index (χ3v) is 5.02. The SMILES string of the molecule is CN(CC(O[Si](C)(C)C)c1cccc(O[Si](C)(C)C)c1)C(=O)C(F)(F)F. The van der Waals surface area contributed by atoms with Crippen LogP contribution in [0.2, 0.25) is 39.3 Å². The molecule has 1 rings (SSSR count). The molecular formula is C17H28F3NO3Si2. The van der Waals surface area contributed by atoms with Gasteiger partial charge >= 0.3 is 12.1 Å². The van der Waals surface area contributed by atoms with Gasteiger partial charge in [-0.05, 0) is 57.0 Å². The Labute approximate surface area is 155 Å². The Kier molecular flexibility index (Phi) is 7.11. The van der Waals surface area contributed by atoms with Gasteiger partial charge in [0.15, 0.2) is 8.32 Å². The predicted molar refractivity (Wildman–Crippen MR) is 101 cm³/mol. The molecule has 0 saturated heterocycles. The van der Waals surface area contributed by atoms with Crippen molar-refractivity contribution >= 4 is 22.5 Å². The Hall–Kier alpha value is -1.33. The summed E-state index contributed by atoms with van der Waals surface area (Å²) in [5, 5.41) is 0. The van der Waals surface area contributed by atoms with Gasteiger partial charge in [-0.2, -0.15) is 13.2 Å². The van der Waals surface area contributed by atoms with E-state index in [0.29, 0.717) is 16.2 Å². The van der Waals surface area contributed by atoms with Gasteiger partial charge in [-0.15, -0.1) is 0 Å². The van der Waals surface area contributed by atoms with Crippen LogP contribution in [0.1, 0.15) is 11.7 Å². The first kappa shape index (κ1) is 22.7. The zero-order valence-electron chi connectivity index (χ0n) is 16.4. The number of halogens is 3. The molecule has 0 aromatic heterocycles. The summed E-state index contributed by atoms with van der Waals surface area (Å²) in [5.41, 5.74) is 0.699. The molecule has 1 unspecified atom stereocenters. The van der Waals surface area contributed by atoms with E-state index in [9.17, 15) is 18.0 Å². The molecule has 0 aliphatic carbocycles. The van der Waals surface area contributed by atoms with Crippen LogP contribution >= 0.6 is 0 Å². The summed E-state index contributed by atoms with van der Waals surface area (Å²) < 4.78 is 50.1. The van der Waals surface area contributed by atoms with Crippen molar-refractivity contribution < 1.29 is 26.8 Å². The van der Waals surface area contributed by atoms with Crippen LogP contribution < -0.4 is 4.43 Å². The lowest BCUT2D eigenvalue weighted by Gasteiger charge is -2.31. The van der Waals surface area contributed by atoms with Gasteiger partial charge in [0.2, 0.25) is 8.32 Å². The highest BCUT2D eigenvalue weighted by Crippen LogP contribution is 2.28. The number of carbonyl (C=O) groups is 1. The molecule has 0 N–H and O–H groups in total. The molecule has 0 aliphatic heterocycles. The molecule has 0 spiro atoms. The van der Waals surface area contributed by atoms with Crippen LogP contribution in [0, 0.1) is 0 Å². The van der Waals surface area contributed by atoms with Crippen LogP contribution in [-0.4, -0.2) is 47.2 Å². The van der Waals surface area contributed by atoms with Gasteiger partial charge in [0.25, 0.3) is 0 Å². The summed E-state index contributed by atoms with van der Waals surface area (Å²) >= 11 is 0. The van der Waals surface area contributed by atoms with Crippen LogP contribution in [0.25, 0.3) is 0 Å². The van der Waals surface area contributed by atoms with Crippen molar-refractivity contribution in [1.29, 1.82) is 0 Å². The first-order valence-corrected chi connectivity index (χ1v) is 15.2. The lowest BCUT2D eigenvalue weighted by molar-refractivity contribution is -0.185. The van der Waals surface area contributed by atoms with Crippen LogP contribution in [-0.2, 0) is 9.22 Å². The quantitative estimate of drug-likeness (QED) is 0.609. The average Bonchev–Trinajstić information content (AvgIpc) is 2.41. The molecule has 0 fully saturated rings. The molecule has 0 radical (unpaired) electrons. The Morgan fingerprint density at radius 3 is 2.15 bits per heavy atom. The lowest BCUT2D eigenvalue weighted by atomic mass is 10.1. The molecule has 1 aromatic carbocycles. The number of hydrogen-bond acceptors (Lipinski definition) is 3. The van der Waals surface area contributed by atoms with Gasteiger partial charge in [0, 0.05) is 13.6 Å². The van der Waals surface area contributed by atoms with E-state index in [0.717, 1.165) is 7.05 Å². The summed E-state index contributed by atoms with van der Waals surface area (Å²) in [7, 11) is -2.75. The molecule has 26 heavy (non-hydrogen) atoms. The zero-order valence-corrected chi connectivity index (χ0v) is 18.4. The lowest BCUT2D eigenvalue weighted by Crippen LogP contribution is -2.42. The van der Waals surface area contributed by atoms with Gasteiger partial charge in [0.1, 0.15) is 5.75 Å². The molecule has 9 heteroatoms. The minimum atomic E-state index is -4.90. The van der Waals surface area contributed by atoms with Crippen molar-refractivity contribution in [2.45, 2.75) is 51.6 Å². The number of carbonyl (C=O) groups excluding carboxylic acids is 1. The summed E-state index contributed by atoms with van der Waals surface area (Å²) in [6.07, 6.45) is -5.55. The molecule has 0 bridgehead atoms. The van der Waals surface area contributed by atoms with Crippen molar-refractivity contribution in [1.82, 2.24) is 4.90 Å². The fourth-order valence-corrected chi connectivity index (χ4v) is 4.22. The minimum Gasteiger partial charge on any atom is -0.544 e. The number of likely N-dealkylation sites (N-methyl/N-ethyl adjacent to an activating group) is 1. The Morgan fingerprint density at radius 1 is 1.12 bits per heavy atom. The highest BCUT2D eigenvalue weighted by molar-refractivity contribution is 6.70. The summed E-state index contributed by atoms with van der Waals surface area (Å²) in [6, 6.07) is 7.18. The predicted octanol–water partition coefficient (Wildman–Crippen LogP) is 4.81. The molecule has 0 saturated carbocycles. The standard InChI is InChI=1S/C17H28F3NO3Si2/c1-21(16(22)17(18,19)20)12-15(24-26(5,6)7)13-9-8-10-14(11-13)23-25(2,3)4/h8-11,15H,12H2,1-7H3. The highest BCUT2D eigenvalue weighted by Gasteiger charge is 2.42. The second kappa shape index (κ2) is 8.14. The maximum Gasteiger partial charge on any atom is 0.471 e. The van der Waals surface area contributed by atoms with E-state index in [1.165, 1.54) is 0 Å². The van der Waals surface area contributed by atoms with Gasteiger partial charge in [-0.3, -0.25) is 4.79 Å². The van der Waals surface area contributed by atoms with E-state index in [2.05, 4.69) is 0 Å². The third-order valence-electron chi connectivity index (χ3n) is 3.18. The Morgan fingerprint density at radius 2 is 1.69 bits per heavy atom. The van der Waals surface area contributed by atoms with E-state index in [1.54, 1.807) is 18.2 Å². The smallest absolute Gasteiger partial charge is 0.471 e. The van der Waals surface area contributed by atoms with E-state index in [4.69, 9.17) is 8.85 Å². The topological polar surface area (TPSA) is 38.8 Å². The maximum absolute atomic E-state index is 12.7. The molecule has 1 aromatic rings. The molecule has 1 amide bonds. The van der Waals surface area contributed by atoms with Crippen LogP contribution in [0.4, 0.5) is 13.2 Å². The monoisotopic (exact) mass is 407 g/mol.